The van der Waals surface area contributed by atoms with E-state index in [2.05, 4.69) is 63.6 Å². The molecule has 0 radical (unpaired) electrons. The fraction of sp³-hybridized carbons (Fsp3) is 0.500. The van der Waals surface area contributed by atoms with Crippen molar-refractivity contribution in [2.24, 2.45) is 0 Å². The minimum absolute atomic E-state index is 0.517. The third kappa shape index (κ3) is 4.85. The summed E-state index contributed by atoms with van der Waals surface area (Å²) in [5, 5.41) is 6.64. The number of hydrogen-bond acceptors (Lipinski definition) is 6. The number of nitrogens with two attached hydrogens (primary N) is 1. The second-order valence-electron chi connectivity index (χ2n) is 7.22. The molecule has 0 unspecified atom stereocenters. The van der Waals surface area contributed by atoms with Crippen LogP contribution >= 0.6 is 0 Å². The van der Waals surface area contributed by atoms with E-state index in [4.69, 9.17) is 5.73 Å². The van der Waals surface area contributed by atoms with E-state index in [1.54, 1.807) is 6.33 Å². The van der Waals surface area contributed by atoms with Crippen LogP contribution < -0.4 is 16.4 Å². The van der Waals surface area contributed by atoms with Crippen molar-refractivity contribution in [3.05, 3.63) is 36.2 Å². The van der Waals surface area contributed by atoms with Crippen LogP contribution in [0.25, 0.3) is 0 Å². The highest BCUT2D eigenvalue weighted by Gasteiger charge is 2.11. The maximum atomic E-state index is 6.26. The first-order chi connectivity index (χ1) is 12.6. The topological polar surface area (TPSA) is 79.1 Å². The van der Waals surface area contributed by atoms with Crippen LogP contribution in [0.2, 0.25) is 0 Å². The highest BCUT2D eigenvalue weighted by atomic mass is 15.2. The van der Waals surface area contributed by atoms with E-state index in [9.17, 15) is 0 Å². The molecular formula is C20H30N6. The monoisotopic (exact) mass is 354 g/mol. The minimum Gasteiger partial charge on any atom is -0.393 e. The quantitative estimate of drug-likeness (QED) is 0.701. The standard InChI is InChI=1S/C20H30N6/c1-15(2)16-6-8-17(9-7-16)25-20-18(21)19(23-14-24-20)22-10-13-26-11-4-3-5-12-26/h6-9,14-15H,3-5,10-13,21H2,1-2H3,(H2,22,23,24,25). The summed E-state index contributed by atoms with van der Waals surface area (Å²) in [6.07, 6.45) is 5.51. The summed E-state index contributed by atoms with van der Waals surface area (Å²) in [5.41, 5.74) is 9.10. The summed E-state index contributed by atoms with van der Waals surface area (Å²) < 4.78 is 0. The number of nitrogen functional groups attached to an aromatic ring is 1. The van der Waals surface area contributed by atoms with Gasteiger partial charge in [-0.25, -0.2) is 9.97 Å². The summed E-state index contributed by atoms with van der Waals surface area (Å²) in [7, 11) is 0. The molecule has 1 aromatic carbocycles. The molecule has 1 aliphatic rings. The molecule has 1 aromatic heterocycles. The number of nitrogens with one attached hydrogen (secondary N) is 2. The number of rotatable bonds is 7. The fourth-order valence-electron chi connectivity index (χ4n) is 3.24. The van der Waals surface area contributed by atoms with Crippen LogP contribution in [0.4, 0.5) is 23.0 Å². The Hall–Kier alpha value is -2.34. The molecule has 2 heterocycles. The Morgan fingerprint density at radius 3 is 2.42 bits per heavy atom. The number of piperidine rings is 1. The van der Waals surface area contributed by atoms with Gasteiger partial charge in [0.05, 0.1) is 0 Å². The van der Waals surface area contributed by atoms with Gasteiger partial charge >= 0.3 is 0 Å². The molecule has 0 spiro atoms. The first-order valence-corrected chi connectivity index (χ1v) is 9.57. The first-order valence-electron chi connectivity index (χ1n) is 9.57. The Labute approximate surface area is 156 Å². The van der Waals surface area contributed by atoms with E-state index in [1.807, 2.05) is 0 Å². The van der Waals surface area contributed by atoms with Gasteiger partial charge in [-0.05, 0) is 49.5 Å². The van der Waals surface area contributed by atoms with E-state index >= 15 is 0 Å². The fourth-order valence-corrected chi connectivity index (χ4v) is 3.24. The van der Waals surface area contributed by atoms with E-state index in [1.165, 1.54) is 37.9 Å². The lowest BCUT2D eigenvalue weighted by Gasteiger charge is -2.26. The van der Waals surface area contributed by atoms with Crippen molar-refractivity contribution in [3.8, 4) is 0 Å². The van der Waals surface area contributed by atoms with Crippen molar-refractivity contribution in [2.75, 3.05) is 42.5 Å². The van der Waals surface area contributed by atoms with Crippen molar-refractivity contribution in [1.29, 1.82) is 0 Å². The summed E-state index contributed by atoms with van der Waals surface area (Å²) in [6, 6.07) is 8.37. The number of benzene rings is 1. The van der Waals surface area contributed by atoms with Gasteiger partial charge in [-0.1, -0.05) is 32.4 Å². The molecule has 0 saturated carbocycles. The van der Waals surface area contributed by atoms with Crippen LogP contribution in [0, 0.1) is 0 Å². The van der Waals surface area contributed by atoms with Gasteiger partial charge in [0.1, 0.15) is 12.0 Å². The van der Waals surface area contributed by atoms with E-state index < -0.39 is 0 Å². The van der Waals surface area contributed by atoms with Gasteiger partial charge in [0.2, 0.25) is 0 Å². The number of anilines is 4. The van der Waals surface area contributed by atoms with Gasteiger partial charge < -0.3 is 21.3 Å². The Bertz CT molecular complexity index is 692. The molecule has 0 bridgehead atoms. The second-order valence-corrected chi connectivity index (χ2v) is 7.22. The van der Waals surface area contributed by atoms with Crippen molar-refractivity contribution in [3.63, 3.8) is 0 Å². The Kier molecular flexibility index (Phi) is 6.28. The molecule has 6 nitrogen and oxygen atoms in total. The van der Waals surface area contributed by atoms with Gasteiger partial charge in [0.15, 0.2) is 11.6 Å². The molecule has 26 heavy (non-hydrogen) atoms. The Morgan fingerprint density at radius 1 is 1.04 bits per heavy atom. The molecule has 1 saturated heterocycles. The molecule has 3 rings (SSSR count). The molecule has 0 atom stereocenters. The van der Waals surface area contributed by atoms with Crippen molar-refractivity contribution in [2.45, 2.75) is 39.0 Å². The Morgan fingerprint density at radius 2 is 1.73 bits per heavy atom. The van der Waals surface area contributed by atoms with Crippen molar-refractivity contribution < 1.29 is 0 Å². The second kappa shape index (κ2) is 8.85. The number of aromatic nitrogens is 2. The zero-order valence-corrected chi connectivity index (χ0v) is 15.8. The molecule has 2 aromatic rings. The molecule has 0 aliphatic carbocycles. The van der Waals surface area contributed by atoms with Gasteiger partial charge in [-0.3, -0.25) is 0 Å². The predicted molar refractivity (Wildman–Crippen MR) is 109 cm³/mol. The lowest BCUT2D eigenvalue weighted by Crippen LogP contribution is -2.33. The summed E-state index contributed by atoms with van der Waals surface area (Å²) in [5.74, 6) is 1.85. The maximum Gasteiger partial charge on any atom is 0.159 e. The first kappa shape index (κ1) is 18.5. The molecule has 4 N–H and O–H groups in total. The molecule has 0 amide bonds. The average molecular weight is 355 g/mol. The lowest BCUT2D eigenvalue weighted by molar-refractivity contribution is 0.237. The van der Waals surface area contributed by atoms with Gasteiger partial charge in [0.25, 0.3) is 0 Å². The molecule has 1 aliphatic heterocycles. The van der Waals surface area contributed by atoms with Crippen LogP contribution in [0.15, 0.2) is 30.6 Å². The zero-order chi connectivity index (χ0) is 18.4. The third-order valence-corrected chi connectivity index (χ3v) is 4.89. The average Bonchev–Trinajstić information content (AvgIpc) is 2.66. The summed E-state index contributed by atoms with van der Waals surface area (Å²) >= 11 is 0. The molecule has 1 fully saturated rings. The maximum absolute atomic E-state index is 6.26. The highest BCUT2D eigenvalue weighted by Crippen LogP contribution is 2.26. The van der Waals surface area contributed by atoms with Gasteiger partial charge in [-0.2, -0.15) is 0 Å². The van der Waals surface area contributed by atoms with Gasteiger partial charge in [0, 0.05) is 18.8 Å². The van der Waals surface area contributed by atoms with E-state index in [0.29, 0.717) is 23.2 Å². The molecule has 6 heteroatoms. The summed E-state index contributed by atoms with van der Waals surface area (Å²) in [4.78, 5) is 11.1. The van der Waals surface area contributed by atoms with Crippen molar-refractivity contribution >= 4 is 23.0 Å². The number of hydrogen-bond donors (Lipinski definition) is 3. The largest absolute Gasteiger partial charge is 0.393 e. The van der Waals surface area contributed by atoms with Crippen LogP contribution in [-0.2, 0) is 0 Å². The van der Waals surface area contributed by atoms with Crippen LogP contribution in [-0.4, -0.2) is 41.0 Å². The molecule has 140 valence electrons. The third-order valence-electron chi connectivity index (χ3n) is 4.89. The van der Waals surface area contributed by atoms with Crippen LogP contribution in [0.3, 0.4) is 0 Å². The van der Waals surface area contributed by atoms with Crippen LogP contribution in [0.5, 0.6) is 0 Å². The number of likely N-dealkylation sites (tertiary alicyclic amines) is 1. The molecular weight excluding hydrogens is 324 g/mol. The SMILES string of the molecule is CC(C)c1ccc(Nc2ncnc(NCCN3CCCCC3)c2N)cc1. The highest BCUT2D eigenvalue weighted by molar-refractivity contribution is 5.77. The lowest BCUT2D eigenvalue weighted by atomic mass is 10.0. The van der Waals surface area contributed by atoms with Crippen LogP contribution in [0.1, 0.15) is 44.6 Å². The summed E-state index contributed by atoms with van der Waals surface area (Å²) in [6.45, 7) is 8.62. The smallest absolute Gasteiger partial charge is 0.159 e. The van der Waals surface area contributed by atoms with Crippen molar-refractivity contribution in [1.82, 2.24) is 14.9 Å². The van der Waals surface area contributed by atoms with Gasteiger partial charge in [-0.15, -0.1) is 0 Å². The zero-order valence-electron chi connectivity index (χ0n) is 15.8. The Balaban J connectivity index is 1.59. The minimum atomic E-state index is 0.517. The normalized spacial score (nSPS) is 15.2. The van der Waals surface area contributed by atoms with E-state index in [0.717, 1.165) is 18.8 Å². The van der Waals surface area contributed by atoms with E-state index in [-0.39, 0.29) is 0 Å². The predicted octanol–water partition coefficient (Wildman–Crippen LogP) is 3.82. The number of nitrogens with zero attached hydrogens (tertiary/aromatic N) is 3.